The van der Waals surface area contributed by atoms with Crippen LogP contribution in [-0.2, 0) is 10.0 Å². The maximum atomic E-state index is 11.7. The summed E-state index contributed by atoms with van der Waals surface area (Å²) in [4.78, 5) is 0.0856. The molecule has 33 heavy (non-hydrogen) atoms. The number of primary sulfonamides is 1. The molecule has 0 saturated carbocycles. The molecule has 4 aromatic carbocycles. The summed E-state index contributed by atoms with van der Waals surface area (Å²) in [6.45, 7) is 0. The molecule has 1 heterocycles. The van der Waals surface area contributed by atoms with Crippen LogP contribution in [0.1, 0.15) is 23.6 Å². The molecule has 0 aliphatic carbocycles. The molecule has 0 fully saturated rings. The van der Waals surface area contributed by atoms with Crippen LogP contribution in [0.3, 0.4) is 0 Å². The number of hydrogen-bond acceptors (Lipinski definition) is 4. The van der Waals surface area contributed by atoms with Gasteiger partial charge in [0.25, 0.3) is 0 Å². The van der Waals surface area contributed by atoms with E-state index in [0.29, 0.717) is 0 Å². The van der Waals surface area contributed by atoms with Crippen molar-refractivity contribution in [2.45, 2.75) is 17.4 Å². The van der Waals surface area contributed by atoms with E-state index in [2.05, 4.69) is 48.5 Å². The van der Waals surface area contributed by atoms with Crippen molar-refractivity contribution in [2.24, 2.45) is 10.2 Å². The highest BCUT2D eigenvalue weighted by atomic mass is 32.2. The molecule has 6 heteroatoms. The molecular formula is C27H23N3O2S. The molecule has 4 aromatic rings. The van der Waals surface area contributed by atoms with Crippen LogP contribution in [0.2, 0.25) is 0 Å². The SMILES string of the molecule is NS(=O)(=O)c1ccc(N2N=C(c3ccc(-c4ccccc4)cc3)C[C@@H]2c2ccccc2)cc1. The first kappa shape index (κ1) is 21.1. The second kappa shape index (κ2) is 8.65. The lowest BCUT2D eigenvalue weighted by Gasteiger charge is -2.24. The van der Waals surface area contributed by atoms with Crippen LogP contribution in [0.15, 0.2) is 119 Å². The number of hydrazone groups is 1. The summed E-state index contributed by atoms with van der Waals surface area (Å²) >= 11 is 0. The van der Waals surface area contributed by atoms with Gasteiger partial charge in [-0.2, -0.15) is 5.10 Å². The first-order valence-electron chi connectivity index (χ1n) is 10.7. The van der Waals surface area contributed by atoms with Gasteiger partial charge in [0.15, 0.2) is 0 Å². The quantitative estimate of drug-likeness (QED) is 0.442. The molecule has 5 nitrogen and oxygen atoms in total. The predicted molar refractivity (Wildman–Crippen MR) is 133 cm³/mol. The van der Waals surface area contributed by atoms with Gasteiger partial charge in [-0.3, -0.25) is 5.01 Å². The van der Waals surface area contributed by atoms with E-state index in [4.69, 9.17) is 10.2 Å². The summed E-state index contributed by atoms with van der Waals surface area (Å²) in [5.41, 5.74) is 6.35. The highest BCUT2D eigenvalue weighted by molar-refractivity contribution is 7.89. The Morgan fingerprint density at radius 1 is 0.697 bits per heavy atom. The summed E-state index contributed by atoms with van der Waals surface area (Å²) in [7, 11) is -3.74. The van der Waals surface area contributed by atoms with Crippen LogP contribution in [-0.4, -0.2) is 14.1 Å². The number of hydrogen-bond donors (Lipinski definition) is 1. The smallest absolute Gasteiger partial charge is 0.238 e. The second-order valence-electron chi connectivity index (χ2n) is 8.00. The molecule has 0 saturated heterocycles. The molecule has 0 bridgehead atoms. The minimum atomic E-state index is -3.74. The molecule has 0 spiro atoms. The van der Waals surface area contributed by atoms with Crippen molar-refractivity contribution < 1.29 is 8.42 Å². The normalized spacial score (nSPS) is 16.0. The van der Waals surface area contributed by atoms with Gasteiger partial charge in [-0.15, -0.1) is 0 Å². The van der Waals surface area contributed by atoms with E-state index < -0.39 is 10.0 Å². The Labute approximate surface area is 193 Å². The average Bonchev–Trinajstić information content (AvgIpc) is 3.30. The van der Waals surface area contributed by atoms with Crippen LogP contribution in [0.5, 0.6) is 0 Å². The molecule has 2 N–H and O–H groups in total. The molecular weight excluding hydrogens is 430 g/mol. The van der Waals surface area contributed by atoms with Crippen LogP contribution in [0.25, 0.3) is 11.1 Å². The minimum absolute atomic E-state index is 0.00957. The average molecular weight is 454 g/mol. The molecule has 1 atom stereocenters. The maximum Gasteiger partial charge on any atom is 0.238 e. The van der Waals surface area contributed by atoms with Crippen molar-refractivity contribution in [1.82, 2.24) is 0 Å². The van der Waals surface area contributed by atoms with Crippen molar-refractivity contribution in [3.8, 4) is 11.1 Å². The Hall–Kier alpha value is -3.74. The van der Waals surface area contributed by atoms with Crippen molar-refractivity contribution >= 4 is 21.4 Å². The van der Waals surface area contributed by atoms with Crippen LogP contribution in [0, 0.1) is 0 Å². The van der Waals surface area contributed by atoms with Gasteiger partial charge in [0.05, 0.1) is 22.3 Å². The number of sulfonamides is 1. The highest BCUT2D eigenvalue weighted by Crippen LogP contribution is 2.37. The second-order valence-corrected chi connectivity index (χ2v) is 9.57. The first-order chi connectivity index (χ1) is 16.0. The standard InChI is InChI=1S/C27H23N3O2S/c28-33(31,32)25-17-15-24(16-18-25)30-27(23-9-5-2-6-10-23)19-26(29-30)22-13-11-21(12-14-22)20-7-3-1-4-8-20/h1-18,27H,19H2,(H2,28,31,32)/t27-/m1/s1. The number of nitrogens with zero attached hydrogens (tertiary/aromatic N) is 2. The number of anilines is 1. The van der Waals surface area contributed by atoms with E-state index in [9.17, 15) is 8.42 Å². The fraction of sp³-hybridized carbons (Fsp3) is 0.0741. The lowest BCUT2D eigenvalue weighted by Crippen LogP contribution is -2.19. The van der Waals surface area contributed by atoms with Gasteiger partial charge in [-0.05, 0) is 46.5 Å². The lowest BCUT2D eigenvalue weighted by molar-refractivity contribution is 0.597. The van der Waals surface area contributed by atoms with E-state index in [0.717, 1.165) is 34.5 Å². The molecule has 164 valence electrons. The van der Waals surface area contributed by atoms with Gasteiger partial charge >= 0.3 is 0 Å². The molecule has 1 aliphatic heterocycles. The molecule has 0 aromatic heterocycles. The molecule has 1 aliphatic rings. The Balaban J connectivity index is 1.49. The molecule has 0 amide bonds. The summed E-state index contributed by atoms with van der Waals surface area (Å²) in [6.07, 6.45) is 0.742. The summed E-state index contributed by atoms with van der Waals surface area (Å²) < 4.78 is 23.3. The number of nitrogens with two attached hydrogens (primary N) is 1. The van der Waals surface area contributed by atoms with Crippen LogP contribution >= 0.6 is 0 Å². The van der Waals surface area contributed by atoms with E-state index in [1.165, 1.54) is 17.7 Å². The van der Waals surface area contributed by atoms with Crippen molar-refractivity contribution in [1.29, 1.82) is 0 Å². The number of rotatable bonds is 5. The lowest BCUT2D eigenvalue weighted by atomic mass is 9.96. The van der Waals surface area contributed by atoms with Crippen LogP contribution < -0.4 is 10.1 Å². The van der Waals surface area contributed by atoms with E-state index in [1.54, 1.807) is 12.1 Å². The Morgan fingerprint density at radius 3 is 1.85 bits per heavy atom. The third-order valence-corrected chi connectivity index (χ3v) is 6.78. The third-order valence-electron chi connectivity index (χ3n) is 5.85. The molecule has 0 radical (unpaired) electrons. The largest absolute Gasteiger partial charge is 0.257 e. The van der Waals surface area contributed by atoms with Crippen molar-refractivity contribution in [3.05, 3.63) is 120 Å². The third kappa shape index (κ3) is 4.44. The maximum absolute atomic E-state index is 11.7. The van der Waals surface area contributed by atoms with Crippen molar-refractivity contribution in [2.75, 3.05) is 5.01 Å². The fourth-order valence-electron chi connectivity index (χ4n) is 4.13. The van der Waals surface area contributed by atoms with Gasteiger partial charge in [-0.25, -0.2) is 13.6 Å². The zero-order valence-electron chi connectivity index (χ0n) is 17.9. The predicted octanol–water partition coefficient (Wildman–Crippen LogP) is 5.36. The van der Waals surface area contributed by atoms with Gasteiger partial charge in [-0.1, -0.05) is 84.9 Å². The van der Waals surface area contributed by atoms with E-state index >= 15 is 0 Å². The Bertz CT molecular complexity index is 1380. The zero-order chi connectivity index (χ0) is 22.8. The highest BCUT2D eigenvalue weighted by Gasteiger charge is 2.30. The zero-order valence-corrected chi connectivity index (χ0v) is 18.7. The Kier molecular flexibility index (Phi) is 5.54. The summed E-state index contributed by atoms with van der Waals surface area (Å²) in [6, 6.07) is 35.5. The molecule has 5 rings (SSSR count). The van der Waals surface area contributed by atoms with Gasteiger partial charge in [0.2, 0.25) is 10.0 Å². The fourth-order valence-corrected chi connectivity index (χ4v) is 4.65. The summed E-state index contributed by atoms with van der Waals surface area (Å²) in [5, 5.41) is 12.2. The monoisotopic (exact) mass is 453 g/mol. The van der Waals surface area contributed by atoms with Crippen LogP contribution in [0.4, 0.5) is 5.69 Å². The van der Waals surface area contributed by atoms with E-state index in [1.807, 2.05) is 41.4 Å². The number of benzene rings is 4. The van der Waals surface area contributed by atoms with Crippen molar-refractivity contribution in [3.63, 3.8) is 0 Å². The Morgan fingerprint density at radius 2 is 1.24 bits per heavy atom. The van der Waals surface area contributed by atoms with Gasteiger partial charge in [0, 0.05) is 6.42 Å². The molecule has 0 unspecified atom stereocenters. The first-order valence-corrected chi connectivity index (χ1v) is 12.2. The van der Waals surface area contributed by atoms with Gasteiger partial charge in [0.1, 0.15) is 0 Å². The summed E-state index contributed by atoms with van der Waals surface area (Å²) in [5.74, 6) is 0. The van der Waals surface area contributed by atoms with E-state index in [-0.39, 0.29) is 10.9 Å². The minimum Gasteiger partial charge on any atom is -0.257 e. The van der Waals surface area contributed by atoms with Gasteiger partial charge < -0.3 is 0 Å². The topological polar surface area (TPSA) is 75.8 Å².